The third-order valence-corrected chi connectivity index (χ3v) is 4.60. The molecule has 0 saturated carbocycles. The monoisotopic (exact) mass is 376 g/mol. The van der Waals surface area contributed by atoms with E-state index in [1.54, 1.807) is 25.4 Å². The van der Waals surface area contributed by atoms with Crippen molar-refractivity contribution in [2.75, 3.05) is 6.54 Å². The Labute approximate surface area is 161 Å². The molecule has 28 heavy (non-hydrogen) atoms. The van der Waals surface area contributed by atoms with E-state index in [4.69, 9.17) is 8.94 Å². The van der Waals surface area contributed by atoms with Gasteiger partial charge in [-0.15, -0.1) is 0 Å². The van der Waals surface area contributed by atoms with E-state index in [-0.39, 0.29) is 5.91 Å². The first kappa shape index (κ1) is 17.9. The van der Waals surface area contributed by atoms with Crippen LogP contribution in [0.5, 0.6) is 0 Å². The minimum Gasteiger partial charge on any atom is -0.466 e. The van der Waals surface area contributed by atoms with Crippen molar-refractivity contribution < 1.29 is 13.7 Å². The van der Waals surface area contributed by atoms with Gasteiger partial charge in [0.2, 0.25) is 0 Å². The van der Waals surface area contributed by atoms with Gasteiger partial charge in [-0.1, -0.05) is 11.2 Å². The molecule has 0 atom stereocenters. The summed E-state index contributed by atoms with van der Waals surface area (Å²) in [4.78, 5) is 21.6. The van der Waals surface area contributed by atoms with E-state index in [1.165, 1.54) is 0 Å². The lowest BCUT2D eigenvalue weighted by molar-refractivity contribution is 0.0955. The summed E-state index contributed by atoms with van der Waals surface area (Å²) in [5.41, 5.74) is 3.97. The molecule has 7 heteroatoms. The molecule has 4 heterocycles. The van der Waals surface area contributed by atoms with Gasteiger partial charge in [-0.25, -0.2) is 4.98 Å². The molecule has 0 radical (unpaired) electrons. The summed E-state index contributed by atoms with van der Waals surface area (Å²) in [5.74, 6) is 1.33. The molecular formula is C21H20N4O3. The molecule has 1 amide bonds. The molecule has 4 aromatic rings. The van der Waals surface area contributed by atoms with Crippen molar-refractivity contribution in [3.05, 3.63) is 65.0 Å². The average molecular weight is 376 g/mol. The first-order valence-electron chi connectivity index (χ1n) is 9.04. The van der Waals surface area contributed by atoms with Crippen LogP contribution in [0.2, 0.25) is 0 Å². The third-order valence-electron chi connectivity index (χ3n) is 4.60. The van der Waals surface area contributed by atoms with E-state index in [2.05, 4.69) is 20.4 Å². The van der Waals surface area contributed by atoms with Gasteiger partial charge < -0.3 is 14.3 Å². The van der Waals surface area contributed by atoms with Gasteiger partial charge in [0.25, 0.3) is 11.6 Å². The first-order chi connectivity index (χ1) is 13.5. The van der Waals surface area contributed by atoms with Gasteiger partial charge in [0.15, 0.2) is 0 Å². The number of nitrogens with zero attached hydrogens (tertiary/aromatic N) is 3. The van der Waals surface area contributed by atoms with Crippen LogP contribution < -0.4 is 5.32 Å². The topological polar surface area (TPSA) is 94.1 Å². The van der Waals surface area contributed by atoms with Crippen LogP contribution >= 0.6 is 0 Å². The highest BCUT2D eigenvalue weighted by molar-refractivity contribution is 6.07. The SMILES string of the molecule is Cc1cc(-c2cc(C(=O)NCCc3cccnc3)c3c(C)noc3n2)c(C)o1. The smallest absolute Gasteiger partial charge is 0.259 e. The van der Waals surface area contributed by atoms with Gasteiger partial charge in [0, 0.05) is 24.5 Å². The highest BCUT2D eigenvalue weighted by Crippen LogP contribution is 2.30. The molecule has 0 unspecified atom stereocenters. The van der Waals surface area contributed by atoms with Crippen molar-refractivity contribution in [2.24, 2.45) is 0 Å². The predicted molar refractivity (Wildman–Crippen MR) is 104 cm³/mol. The Balaban J connectivity index is 1.65. The number of fused-ring (bicyclic) bond motifs is 1. The largest absolute Gasteiger partial charge is 0.466 e. The normalized spacial score (nSPS) is 11.1. The quantitative estimate of drug-likeness (QED) is 0.570. The van der Waals surface area contributed by atoms with Crippen LogP contribution in [0, 0.1) is 20.8 Å². The van der Waals surface area contributed by atoms with Crippen LogP contribution in [-0.2, 0) is 6.42 Å². The Morgan fingerprint density at radius 1 is 1.21 bits per heavy atom. The third kappa shape index (κ3) is 3.38. The highest BCUT2D eigenvalue weighted by atomic mass is 16.5. The molecule has 0 aliphatic rings. The molecule has 0 aliphatic heterocycles. The van der Waals surface area contributed by atoms with E-state index < -0.39 is 0 Å². The number of aryl methyl sites for hydroxylation is 3. The molecule has 0 saturated heterocycles. The number of aromatic nitrogens is 3. The molecule has 7 nitrogen and oxygen atoms in total. The van der Waals surface area contributed by atoms with Gasteiger partial charge >= 0.3 is 0 Å². The Hall–Kier alpha value is -3.48. The summed E-state index contributed by atoms with van der Waals surface area (Å²) >= 11 is 0. The highest BCUT2D eigenvalue weighted by Gasteiger charge is 2.20. The lowest BCUT2D eigenvalue weighted by Gasteiger charge is -2.08. The van der Waals surface area contributed by atoms with Crippen molar-refractivity contribution >= 4 is 17.0 Å². The maximum absolute atomic E-state index is 12.9. The minimum absolute atomic E-state index is 0.193. The molecule has 0 aromatic carbocycles. The molecular weight excluding hydrogens is 356 g/mol. The fourth-order valence-corrected chi connectivity index (χ4v) is 3.26. The van der Waals surface area contributed by atoms with Gasteiger partial charge in [-0.3, -0.25) is 9.78 Å². The lowest BCUT2D eigenvalue weighted by atomic mass is 10.1. The summed E-state index contributed by atoms with van der Waals surface area (Å²) in [5, 5.41) is 7.57. The Bertz CT molecular complexity index is 1150. The summed E-state index contributed by atoms with van der Waals surface area (Å²) in [6.45, 7) is 6.04. The van der Waals surface area contributed by atoms with Crippen LogP contribution in [-0.4, -0.2) is 27.6 Å². The van der Waals surface area contributed by atoms with Crippen molar-refractivity contribution in [2.45, 2.75) is 27.2 Å². The maximum Gasteiger partial charge on any atom is 0.259 e. The van der Waals surface area contributed by atoms with E-state index >= 15 is 0 Å². The summed E-state index contributed by atoms with van der Waals surface area (Å²) in [6, 6.07) is 7.53. The number of carbonyl (C=O) groups excluding carboxylic acids is 1. The van der Waals surface area contributed by atoms with Gasteiger partial charge in [0.05, 0.1) is 22.3 Å². The number of amides is 1. The number of furan rings is 1. The Kier molecular flexibility index (Phi) is 4.65. The molecule has 4 aromatic heterocycles. The number of hydrogen-bond donors (Lipinski definition) is 1. The Morgan fingerprint density at radius 3 is 2.79 bits per heavy atom. The van der Waals surface area contributed by atoms with Gasteiger partial charge in [-0.05, 0) is 51.0 Å². The van der Waals surface area contributed by atoms with Crippen LogP contribution in [0.25, 0.3) is 22.4 Å². The molecule has 0 fully saturated rings. The minimum atomic E-state index is -0.193. The van der Waals surface area contributed by atoms with E-state index in [0.29, 0.717) is 41.0 Å². The molecule has 4 rings (SSSR count). The second-order valence-electron chi connectivity index (χ2n) is 6.70. The second-order valence-corrected chi connectivity index (χ2v) is 6.70. The van der Waals surface area contributed by atoms with Crippen molar-refractivity contribution in [3.8, 4) is 11.3 Å². The summed E-state index contributed by atoms with van der Waals surface area (Å²) in [7, 11) is 0. The second kappa shape index (κ2) is 7.26. The molecule has 142 valence electrons. The van der Waals surface area contributed by atoms with Crippen molar-refractivity contribution in [3.63, 3.8) is 0 Å². The number of pyridine rings is 2. The zero-order chi connectivity index (χ0) is 19.7. The number of hydrogen-bond acceptors (Lipinski definition) is 6. The summed E-state index contributed by atoms with van der Waals surface area (Å²) < 4.78 is 10.9. The van der Waals surface area contributed by atoms with E-state index in [1.807, 2.05) is 32.0 Å². The van der Waals surface area contributed by atoms with Gasteiger partial charge in [0.1, 0.15) is 11.5 Å². The molecule has 1 N–H and O–H groups in total. The standard InChI is InChI=1S/C21H20N4O3/c1-12-9-16(14(3)27-12)18-10-17(19-13(2)25-28-21(19)24-18)20(26)23-8-6-15-5-4-7-22-11-15/h4-5,7,9-11H,6,8H2,1-3H3,(H,23,26). The zero-order valence-corrected chi connectivity index (χ0v) is 15.9. The molecule has 0 aliphatic carbocycles. The average Bonchev–Trinajstić information content (AvgIpc) is 3.23. The lowest BCUT2D eigenvalue weighted by Crippen LogP contribution is -2.26. The van der Waals surface area contributed by atoms with Crippen molar-refractivity contribution in [1.29, 1.82) is 0 Å². The number of nitrogens with one attached hydrogen (secondary N) is 1. The summed E-state index contributed by atoms with van der Waals surface area (Å²) in [6.07, 6.45) is 4.22. The fourth-order valence-electron chi connectivity index (χ4n) is 3.26. The number of carbonyl (C=O) groups is 1. The molecule has 0 bridgehead atoms. The van der Waals surface area contributed by atoms with E-state index in [0.717, 1.165) is 22.6 Å². The fraction of sp³-hybridized carbons (Fsp3) is 0.238. The van der Waals surface area contributed by atoms with Crippen LogP contribution in [0.1, 0.15) is 33.1 Å². The number of rotatable bonds is 5. The van der Waals surface area contributed by atoms with Gasteiger partial charge in [-0.2, -0.15) is 0 Å². The zero-order valence-electron chi connectivity index (χ0n) is 15.9. The van der Waals surface area contributed by atoms with Crippen LogP contribution in [0.15, 0.2) is 45.6 Å². The van der Waals surface area contributed by atoms with Crippen LogP contribution in [0.3, 0.4) is 0 Å². The Morgan fingerprint density at radius 2 is 2.07 bits per heavy atom. The predicted octanol–water partition coefficient (Wildman–Crippen LogP) is 3.78. The first-order valence-corrected chi connectivity index (χ1v) is 9.04. The molecule has 0 spiro atoms. The van der Waals surface area contributed by atoms with E-state index in [9.17, 15) is 4.79 Å². The van der Waals surface area contributed by atoms with Crippen molar-refractivity contribution in [1.82, 2.24) is 20.4 Å². The maximum atomic E-state index is 12.9. The van der Waals surface area contributed by atoms with Crippen LogP contribution in [0.4, 0.5) is 0 Å².